The number of nitrogens with one attached hydrogen (secondary N) is 1. The SMILES string of the molecule is Cc1cnc(C(C)NC2=NC(C)C(C)CS2)o1. The summed E-state index contributed by atoms with van der Waals surface area (Å²) < 4.78 is 5.50. The zero-order valence-electron chi connectivity index (χ0n) is 10.7. The van der Waals surface area contributed by atoms with E-state index < -0.39 is 0 Å². The van der Waals surface area contributed by atoms with Gasteiger partial charge < -0.3 is 9.73 Å². The van der Waals surface area contributed by atoms with Gasteiger partial charge in [-0.2, -0.15) is 0 Å². The number of oxazole rings is 1. The second-order valence-electron chi connectivity index (χ2n) is 4.64. The zero-order chi connectivity index (χ0) is 12.4. The average molecular weight is 253 g/mol. The highest BCUT2D eigenvalue weighted by atomic mass is 32.2. The summed E-state index contributed by atoms with van der Waals surface area (Å²) in [6.07, 6.45) is 1.74. The van der Waals surface area contributed by atoms with Crippen molar-refractivity contribution >= 4 is 16.9 Å². The van der Waals surface area contributed by atoms with Crippen molar-refractivity contribution in [2.45, 2.75) is 39.8 Å². The first-order valence-electron chi connectivity index (χ1n) is 5.95. The summed E-state index contributed by atoms with van der Waals surface area (Å²) in [5.74, 6) is 3.32. The molecule has 0 spiro atoms. The molecule has 0 radical (unpaired) electrons. The van der Waals surface area contributed by atoms with Gasteiger partial charge in [0.15, 0.2) is 5.17 Å². The van der Waals surface area contributed by atoms with E-state index in [1.165, 1.54) is 0 Å². The van der Waals surface area contributed by atoms with Crippen molar-refractivity contribution in [1.82, 2.24) is 10.3 Å². The molecule has 3 atom stereocenters. The van der Waals surface area contributed by atoms with Crippen LogP contribution in [0.3, 0.4) is 0 Å². The van der Waals surface area contributed by atoms with Gasteiger partial charge in [0.25, 0.3) is 0 Å². The van der Waals surface area contributed by atoms with Gasteiger partial charge in [-0.15, -0.1) is 0 Å². The number of thioether (sulfide) groups is 1. The van der Waals surface area contributed by atoms with Crippen molar-refractivity contribution in [3.05, 3.63) is 17.8 Å². The Hall–Kier alpha value is -0.970. The maximum Gasteiger partial charge on any atom is 0.216 e. The quantitative estimate of drug-likeness (QED) is 0.880. The molecular formula is C12H19N3OS. The van der Waals surface area contributed by atoms with E-state index in [4.69, 9.17) is 4.42 Å². The number of hydrogen-bond donors (Lipinski definition) is 1. The van der Waals surface area contributed by atoms with Gasteiger partial charge in [-0.25, -0.2) is 4.98 Å². The summed E-state index contributed by atoms with van der Waals surface area (Å²) in [7, 11) is 0. The Bertz CT molecular complexity index is 416. The van der Waals surface area contributed by atoms with E-state index >= 15 is 0 Å². The lowest BCUT2D eigenvalue weighted by Gasteiger charge is -2.24. The molecule has 1 aromatic rings. The van der Waals surface area contributed by atoms with Gasteiger partial charge in [0.2, 0.25) is 5.89 Å². The van der Waals surface area contributed by atoms with Gasteiger partial charge in [0, 0.05) is 5.75 Å². The number of amidine groups is 1. The molecule has 0 fully saturated rings. The number of rotatable bonds is 2. The van der Waals surface area contributed by atoms with E-state index in [0.717, 1.165) is 22.6 Å². The van der Waals surface area contributed by atoms with Crippen molar-refractivity contribution in [3.8, 4) is 0 Å². The highest BCUT2D eigenvalue weighted by Crippen LogP contribution is 2.23. The number of aryl methyl sites for hydroxylation is 1. The first kappa shape index (κ1) is 12.5. The van der Waals surface area contributed by atoms with Crippen molar-refractivity contribution in [2.24, 2.45) is 10.9 Å². The predicted molar refractivity (Wildman–Crippen MR) is 71.3 cm³/mol. The van der Waals surface area contributed by atoms with Crippen LogP contribution in [-0.2, 0) is 0 Å². The van der Waals surface area contributed by atoms with Crippen molar-refractivity contribution in [1.29, 1.82) is 0 Å². The van der Waals surface area contributed by atoms with Crippen LogP contribution in [0.4, 0.5) is 0 Å². The minimum Gasteiger partial charge on any atom is -0.444 e. The molecule has 94 valence electrons. The third-order valence-electron chi connectivity index (χ3n) is 2.98. The molecule has 4 nitrogen and oxygen atoms in total. The molecule has 5 heteroatoms. The smallest absolute Gasteiger partial charge is 0.216 e. The van der Waals surface area contributed by atoms with Gasteiger partial charge >= 0.3 is 0 Å². The van der Waals surface area contributed by atoms with Crippen LogP contribution >= 0.6 is 11.8 Å². The van der Waals surface area contributed by atoms with Gasteiger partial charge in [0.1, 0.15) is 11.8 Å². The normalized spacial score (nSPS) is 26.5. The average Bonchev–Trinajstić information content (AvgIpc) is 2.70. The summed E-state index contributed by atoms with van der Waals surface area (Å²) in [6.45, 7) is 8.34. The second kappa shape index (κ2) is 5.12. The monoisotopic (exact) mass is 253 g/mol. The molecule has 2 rings (SSSR count). The number of hydrogen-bond acceptors (Lipinski definition) is 5. The molecule has 3 unspecified atom stereocenters. The Balaban J connectivity index is 1.99. The molecule has 0 aromatic carbocycles. The van der Waals surface area contributed by atoms with E-state index in [0.29, 0.717) is 12.0 Å². The minimum absolute atomic E-state index is 0.0653. The summed E-state index contributed by atoms with van der Waals surface area (Å²) >= 11 is 1.77. The van der Waals surface area contributed by atoms with Crippen LogP contribution in [-0.4, -0.2) is 21.9 Å². The predicted octanol–water partition coefficient (Wildman–Crippen LogP) is 2.76. The van der Waals surface area contributed by atoms with Gasteiger partial charge in [-0.1, -0.05) is 18.7 Å². The van der Waals surface area contributed by atoms with Crippen LogP contribution in [0, 0.1) is 12.8 Å². The summed E-state index contributed by atoms with van der Waals surface area (Å²) in [4.78, 5) is 8.86. The maximum atomic E-state index is 5.50. The fourth-order valence-corrected chi connectivity index (χ4v) is 2.80. The molecule has 0 bridgehead atoms. The third kappa shape index (κ3) is 3.03. The first-order valence-corrected chi connectivity index (χ1v) is 6.94. The van der Waals surface area contributed by atoms with Crippen LogP contribution in [0.25, 0.3) is 0 Å². The Labute approximate surface area is 106 Å². The summed E-state index contributed by atoms with van der Waals surface area (Å²) in [6, 6.07) is 0.452. The fourth-order valence-electron chi connectivity index (χ4n) is 1.60. The van der Waals surface area contributed by atoms with E-state index in [9.17, 15) is 0 Å². The lowest BCUT2D eigenvalue weighted by Crippen LogP contribution is -2.31. The minimum atomic E-state index is 0.0653. The lowest BCUT2D eigenvalue weighted by atomic mass is 10.1. The molecule has 0 saturated heterocycles. The molecule has 17 heavy (non-hydrogen) atoms. The van der Waals surface area contributed by atoms with Crippen LogP contribution < -0.4 is 5.32 Å². The Morgan fingerprint density at radius 1 is 1.53 bits per heavy atom. The second-order valence-corrected chi connectivity index (χ2v) is 5.65. The molecule has 1 N–H and O–H groups in total. The Morgan fingerprint density at radius 3 is 2.88 bits per heavy atom. The van der Waals surface area contributed by atoms with Crippen molar-refractivity contribution in [2.75, 3.05) is 5.75 Å². The Morgan fingerprint density at radius 2 is 2.29 bits per heavy atom. The topological polar surface area (TPSA) is 50.4 Å². The standard InChI is InChI=1S/C12H19N3OS/c1-7-6-17-12(14-9(7)3)15-10(4)11-13-5-8(2)16-11/h5,7,9-10H,6H2,1-4H3,(H,14,15). The molecule has 1 aromatic heterocycles. The Kier molecular flexibility index (Phi) is 3.76. The number of aromatic nitrogens is 1. The molecular weight excluding hydrogens is 234 g/mol. The molecule has 2 heterocycles. The third-order valence-corrected chi connectivity index (χ3v) is 4.17. The zero-order valence-corrected chi connectivity index (χ0v) is 11.5. The molecule has 1 aliphatic rings. The number of nitrogens with zero attached hydrogens (tertiary/aromatic N) is 2. The van der Waals surface area contributed by atoms with E-state index in [2.05, 4.69) is 29.1 Å². The van der Waals surface area contributed by atoms with Crippen LogP contribution in [0.1, 0.15) is 38.5 Å². The lowest BCUT2D eigenvalue weighted by molar-refractivity contribution is 0.429. The molecule has 0 saturated carbocycles. The van der Waals surface area contributed by atoms with E-state index in [1.807, 2.05) is 13.8 Å². The van der Waals surface area contributed by atoms with Gasteiger partial charge in [-0.3, -0.25) is 4.99 Å². The van der Waals surface area contributed by atoms with Crippen LogP contribution in [0.2, 0.25) is 0 Å². The fraction of sp³-hybridized carbons (Fsp3) is 0.667. The molecule has 0 aliphatic carbocycles. The molecule has 1 aliphatic heterocycles. The van der Waals surface area contributed by atoms with Gasteiger partial charge in [0.05, 0.1) is 12.2 Å². The van der Waals surface area contributed by atoms with E-state index in [-0.39, 0.29) is 6.04 Å². The summed E-state index contributed by atoms with van der Waals surface area (Å²) in [5.41, 5.74) is 0. The van der Waals surface area contributed by atoms with Gasteiger partial charge in [-0.05, 0) is 26.7 Å². The molecule has 0 amide bonds. The largest absolute Gasteiger partial charge is 0.444 e. The van der Waals surface area contributed by atoms with Crippen LogP contribution in [0.15, 0.2) is 15.6 Å². The highest BCUT2D eigenvalue weighted by Gasteiger charge is 2.21. The summed E-state index contributed by atoms with van der Waals surface area (Å²) in [5, 5.41) is 4.36. The highest BCUT2D eigenvalue weighted by molar-refractivity contribution is 8.13. The van der Waals surface area contributed by atoms with Crippen molar-refractivity contribution in [3.63, 3.8) is 0 Å². The van der Waals surface area contributed by atoms with Crippen molar-refractivity contribution < 1.29 is 4.42 Å². The maximum absolute atomic E-state index is 5.50. The first-order chi connectivity index (χ1) is 8.06. The van der Waals surface area contributed by atoms with E-state index in [1.54, 1.807) is 18.0 Å². The van der Waals surface area contributed by atoms with Crippen LogP contribution in [0.5, 0.6) is 0 Å². The number of aliphatic imine (C=N–C) groups is 1.